The van der Waals surface area contributed by atoms with Gasteiger partial charge in [0.2, 0.25) is 0 Å². The molecule has 2 aromatic rings. The summed E-state index contributed by atoms with van der Waals surface area (Å²) in [6.45, 7) is 5.18. The smallest absolute Gasteiger partial charge is 0.257 e. The lowest BCUT2D eigenvalue weighted by Gasteiger charge is -2.49. The third-order valence-corrected chi connectivity index (χ3v) is 6.54. The molecule has 6 heteroatoms. The minimum atomic E-state index is -0.535. The summed E-state index contributed by atoms with van der Waals surface area (Å²) in [7, 11) is 1.84. The summed E-state index contributed by atoms with van der Waals surface area (Å²) < 4.78 is 6.28. The van der Waals surface area contributed by atoms with Crippen molar-refractivity contribution in [1.82, 2.24) is 9.80 Å². The zero-order valence-corrected chi connectivity index (χ0v) is 18.4. The first-order chi connectivity index (χ1) is 15.0. The quantitative estimate of drug-likeness (QED) is 0.575. The molecule has 2 aromatic carbocycles. The summed E-state index contributed by atoms with van der Waals surface area (Å²) in [5.41, 5.74) is 2.57. The van der Waals surface area contributed by atoms with E-state index in [9.17, 15) is 4.79 Å². The molecule has 1 spiro atoms. The lowest BCUT2D eigenvalue weighted by atomic mass is 9.88. The number of carbonyl (C=O) groups is 1. The minimum Gasteiger partial charge on any atom is -0.388 e. The van der Waals surface area contributed by atoms with Crippen molar-refractivity contribution in [2.24, 2.45) is 0 Å². The third kappa shape index (κ3) is 4.65. The molecule has 2 fully saturated rings. The fourth-order valence-corrected chi connectivity index (χ4v) is 4.68. The molecular formula is C25H32N4O2. The number of carbonyl (C=O) groups excluding carboxylic acids is 1. The van der Waals surface area contributed by atoms with E-state index in [2.05, 4.69) is 40.5 Å². The highest BCUT2D eigenvalue weighted by Gasteiger charge is 2.46. The first-order valence-corrected chi connectivity index (χ1v) is 11.1. The lowest BCUT2D eigenvalue weighted by Crippen LogP contribution is -2.62. The third-order valence-electron chi connectivity index (χ3n) is 6.54. The Bertz CT molecular complexity index is 922. The van der Waals surface area contributed by atoms with Crippen LogP contribution in [0.2, 0.25) is 0 Å². The van der Waals surface area contributed by atoms with Gasteiger partial charge in [-0.1, -0.05) is 42.5 Å². The number of amides is 1. The van der Waals surface area contributed by atoms with Crippen LogP contribution < -0.4 is 5.32 Å². The van der Waals surface area contributed by atoms with Crippen molar-refractivity contribution in [3.63, 3.8) is 0 Å². The maximum atomic E-state index is 12.9. The molecule has 31 heavy (non-hydrogen) atoms. The maximum absolute atomic E-state index is 12.9. The van der Waals surface area contributed by atoms with Gasteiger partial charge in [0, 0.05) is 37.9 Å². The molecule has 164 valence electrons. The van der Waals surface area contributed by atoms with Gasteiger partial charge in [-0.3, -0.25) is 15.1 Å². The molecule has 0 radical (unpaired) electrons. The average Bonchev–Trinajstić information content (AvgIpc) is 2.81. The number of amidine groups is 1. The van der Waals surface area contributed by atoms with Crippen LogP contribution in [-0.4, -0.2) is 66.5 Å². The molecule has 2 aliphatic rings. The van der Waals surface area contributed by atoms with Gasteiger partial charge in [-0.15, -0.1) is 0 Å². The van der Waals surface area contributed by atoms with Gasteiger partial charge in [0.15, 0.2) is 0 Å². The van der Waals surface area contributed by atoms with Crippen LogP contribution >= 0.6 is 0 Å². The molecule has 0 aromatic heterocycles. The molecule has 2 saturated heterocycles. The van der Waals surface area contributed by atoms with Crippen LogP contribution in [0.25, 0.3) is 0 Å². The SMILES string of the molecule is CNc1ccccc1C(=N)N1CC2(CCN(CCc3ccccc3)CC2)OC(C)C1=O. The van der Waals surface area contributed by atoms with E-state index >= 15 is 0 Å². The number of hydrogen-bond donors (Lipinski definition) is 2. The summed E-state index contributed by atoms with van der Waals surface area (Å²) in [4.78, 5) is 17.0. The first-order valence-electron chi connectivity index (χ1n) is 11.1. The predicted molar refractivity (Wildman–Crippen MR) is 124 cm³/mol. The molecule has 2 heterocycles. The number of hydrogen-bond acceptors (Lipinski definition) is 5. The van der Waals surface area contributed by atoms with E-state index in [1.807, 2.05) is 38.2 Å². The molecule has 4 rings (SSSR count). The summed E-state index contributed by atoms with van der Waals surface area (Å²) >= 11 is 0. The largest absolute Gasteiger partial charge is 0.388 e. The molecule has 6 nitrogen and oxygen atoms in total. The van der Waals surface area contributed by atoms with Crippen molar-refractivity contribution in [3.05, 3.63) is 65.7 Å². The van der Waals surface area contributed by atoms with Gasteiger partial charge < -0.3 is 15.0 Å². The van der Waals surface area contributed by atoms with Crippen molar-refractivity contribution in [3.8, 4) is 0 Å². The molecule has 2 aliphatic heterocycles. The Morgan fingerprint density at radius 2 is 1.81 bits per heavy atom. The van der Waals surface area contributed by atoms with Gasteiger partial charge in [-0.25, -0.2) is 0 Å². The normalized spacial score (nSPS) is 21.3. The van der Waals surface area contributed by atoms with Crippen molar-refractivity contribution < 1.29 is 9.53 Å². The van der Waals surface area contributed by atoms with E-state index in [0.29, 0.717) is 6.54 Å². The number of morpholine rings is 1. The molecule has 0 bridgehead atoms. The van der Waals surface area contributed by atoms with Crippen LogP contribution in [0, 0.1) is 5.41 Å². The number of anilines is 1. The predicted octanol–water partition coefficient (Wildman–Crippen LogP) is 3.38. The van der Waals surface area contributed by atoms with E-state index in [1.165, 1.54) is 5.56 Å². The Balaban J connectivity index is 1.42. The van der Waals surface area contributed by atoms with Gasteiger partial charge >= 0.3 is 0 Å². The number of nitrogens with zero attached hydrogens (tertiary/aromatic N) is 2. The topological polar surface area (TPSA) is 68.7 Å². The number of piperidine rings is 1. The summed E-state index contributed by atoms with van der Waals surface area (Å²) in [6, 6.07) is 18.2. The van der Waals surface area contributed by atoms with E-state index in [-0.39, 0.29) is 17.3 Å². The van der Waals surface area contributed by atoms with E-state index in [4.69, 9.17) is 10.1 Å². The molecule has 0 aliphatic carbocycles. The van der Waals surface area contributed by atoms with Crippen LogP contribution in [0.5, 0.6) is 0 Å². The monoisotopic (exact) mass is 420 g/mol. The van der Waals surface area contributed by atoms with E-state index in [0.717, 1.165) is 50.1 Å². The lowest BCUT2D eigenvalue weighted by molar-refractivity contribution is -0.181. The van der Waals surface area contributed by atoms with Gasteiger partial charge in [-0.05, 0) is 43.9 Å². The standard InChI is InChI=1S/C25H32N4O2/c1-19-24(30)29(23(26)21-10-6-7-11-22(21)27-2)18-25(31-19)13-16-28(17-14-25)15-12-20-8-4-3-5-9-20/h3-11,19,26-27H,12-18H2,1-2H3. The van der Waals surface area contributed by atoms with Crippen molar-refractivity contribution in [1.29, 1.82) is 5.41 Å². The van der Waals surface area contributed by atoms with Crippen molar-refractivity contribution >= 4 is 17.4 Å². The van der Waals surface area contributed by atoms with E-state index in [1.54, 1.807) is 4.90 Å². The summed E-state index contributed by atoms with van der Waals surface area (Å²) in [5, 5.41) is 11.9. The maximum Gasteiger partial charge on any atom is 0.257 e. The Kier molecular flexibility index (Phi) is 6.39. The molecular weight excluding hydrogens is 388 g/mol. The fraction of sp³-hybridized carbons (Fsp3) is 0.440. The zero-order valence-electron chi connectivity index (χ0n) is 18.4. The first kappa shape index (κ1) is 21.5. The Morgan fingerprint density at radius 1 is 1.13 bits per heavy atom. The van der Waals surface area contributed by atoms with Crippen LogP contribution in [0.4, 0.5) is 5.69 Å². The highest BCUT2D eigenvalue weighted by atomic mass is 16.5. The van der Waals surface area contributed by atoms with Crippen LogP contribution in [-0.2, 0) is 16.0 Å². The number of benzene rings is 2. The van der Waals surface area contributed by atoms with Crippen molar-refractivity contribution in [2.45, 2.75) is 37.9 Å². The fourth-order valence-electron chi connectivity index (χ4n) is 4.68. The number of para-hydroxylation sites is 1. The minimum absolute atomic E-state index is 0.131. The Labute approximate surface area is 184 Å². The van der Waals surface area contributed by atoms with Gasteiger partial charge in [0.25, 0.3) is 5.91 Å². The Hall–Kier alpha value is -2.70. The van der Waals surface area contributed by atoms with Crippen LogP contribution in [0.3, 0.4) is 0 Å². The second-order valence-electron chi connectivity index (χ2n) is 8.59. The Morgan fingerprint density at radius 3 is 2.52 bits per heavy atom. The number of ether oxygens (including phenoxy) is 1. The van der Waals surface area contributed by atoms with E-state index < -0.39 is 6.10 Å². The van der Waals surface area contributed by atoms with Gasteiger partial charge in [0.05, 0.1) is 12.1 Å². The molecule has 2 N–H and O–H groups in total. The van der Waals surface area contributed by atoms with Crippen LogP contribution in [0.1, 0.15) is 30.9 Å². The highest BCUT2D eigenvalue weighted by molar-refractivity contribution is 6.10. The number of likely N-dealkylation sites (tertiary alicyclic amines) is 1. The molecule has 1 unspecified atom stereocenters. The second kappa shape index (κ2) is 9.20. The molecule has 1 atom stereocenters. The highest BCUT2D eigenvalue weighted by Crippen LogP contribution is 2.34. The summed E-state index contributed by atoms with van der Waals surface area (Å²) in [6.07, 6.45) is 2.25. The number of rotatable bonds is 5. The summed E-state index contributed by atoms with van der Waals surface area (Å²) in [5.74, 6) is 0.115. The average molecular weight is 421 g/mol. The van der Waals surface area contributed by atoms with Crippen LogP contribution in [0.15, 0.2) is 54.6 Å². The molecule has 1 amide bonds. The zero-order chi connectivity index (χ0) is 21.8. The number of nitrogens with one attached hydrogen (secondary N) is 2. The second-order valence-corrected chi connectivity index (χ2v) is 8.59. The van der Waals surface area contributed by atoms with Gasteiger partial charge in [-0.2, -0.15) is 0 Å². The van der Waals surface area contributed by atoms with Crippen molar-refractivity contribution in [2.75, 3.05) is 38.5 Å². The molecule has 0 saturated carbocycles. The van der Waals surface area contributed by atoms with Gasteiger partial charge in [0.1, 0.15) is 11.9 Å².